The molecule has 3 N–H and O–H groups in total. The number of nitrogens with one attached hydrogen (secondary N) is 3. The smallest absolute Gasteiger partial charge is 0.367 e. The van der Waals surface area contributed by atoms with Gasteiger partial charge < -0.3 is 20.5 Å². The number of hydrogen-bond donors (Lipinski definition) is 3. The number of carbonyl (C=O) groups is 2. The fourth-order valence-corrected chi connectivity index (χ4v) is 5.77. The molecule has 1 aliphatic carbocycles. The first kappa shape index (κ1) is 29.7. The lowest BCUT2D eigenvalue weighted by atomic mass is 10.1. The van der Waals surface area contributed by atoms with Gasteiger partial charge in [0, 0.05) is 55.6 Å². The van der Waals surface area contributed by atoms with E-state index in [2.05, 4.69) is 25.5 Å². The van der Waals surface area contributed by atoms with Gasteiger partial charge in [0.1, 0.15) is 15.7 Å². The summed E-state index contributed by atoms with van der Waals surface area (Å²) < 4.78 is 56.7. The molecule has 42 heavy (non-hydrogen) atoms. The maximum atomic E-state index is 15.7. The Morgan fingerprint density at radius 3 is 2.45 bits per heavy atom. The minimum absolute atomic E-state index is 0.0203. The molecule has 5 rings (SSSR count). The summed E-state index contributed by atoms with van der Waals surface area (Å²) in [5.74, 6) is -1.65. The lowest BCUT2D eigenvalue weighted by Crippen LogP contribution is -2.55. The number of piperazine rings is 1. The second kappa shape index (κ2) is 11.5. The van der Waals surface area contributed by atoms with E-state index in [1.165, 1.54) is 18.3 Å². The SMILES string of the molecule is C[C@@H]1CN(c2cc(F)c(-c3ncc(C(=O)NCC4CC4)s3)cc2NC(=O)c2c[nH]c(=O)cc2C(F)(F)F)C[C@H](C)N1C. The zero-order valence-corrected chi connectivity index (χ0v) is 24.0. The van der Waals surface area contributed by atoms with Gasteiger partial charge in [-0.15, -0.1) is 11.3 Å². The van der Waals surface area contributed by atoms with Crippen LogP contribution < -0.4 is 21.1 Å². The average Bonchev–Trinajstić information content (AvgIpc) is 3.63. The van der Waals surface area contributed by atoms with Gasteiger partial charge in [0.15, 0.2) is 0 Å². The summed E-state index contributed by atoms with van der Waals surface area (Å²) in [5.41, 5.74) is -2.86. The number of rotatable bonds is 7. The molecular weight excluding hydrogens is 576 g/mol. The highest BCUT2D eigenvalue weighted by atomic mass is 32.1. The van der Waals surface area contributed by atoms with Crippen molar-refractivity contribution in [2.75, 3.05) is 36.9 Å². The molecule has 0 unspecified atom stereocenters. The largest absolute Gasteiger partial charge is 0.417 e. The molecule has 2 atom stereocenters. The van der Waals surface area contributed by atoms with Crippen LogP contribution in [-0.4, -0.2) is 65.4 Å². The third-order valence-electron chi connectivity index (χ3n) is 7.72. The number of amides is 2. The van der Waals surface area contributed by atoms with Crippen LogP contribution in [0.4, 0.5) is 28.9 Å². The van der Waals surface area contributed by atoms with Gasteiger partial charge in [-0.3, -0.25) is 19.3 Å². The number of anilines is 2. The van der Waals surface area contributed by atoms with E-state index in [0.29, 0.717) is 37.8 Å². The van der Waals surface area contributed by atoms with Crippen molar-refractivity contribution in [1.82, 2.24) is 20.2 Å². The molecule has 3 aromatic rings. The predicted molar refractivity (Wildman–Crippen MR) is 151 cm³/mol. The number of pyridine rings is 1. The molecule has 1 saturated heterocycles. The lowest BCUT2D eigenvalue weighted by molar-refractivity contribution is -0.138. The molecule has 2 aliphatic rings. The van der Waals surface area contributed by atoms with E-state index in [0.717, 1.165) is 24.2 Å². The summed E-state index contributed by atoms with van der Waals surface area (Å²) >= 11 is 0.970. The van der Waals surface area contributed by atoms with Crippen LogP contribution in [0.5, 0.6) is 0 Å². The number of halogens is 4. The quantitative estimate of drug-likeness (QED) is 0.340. The van der Waals surface area contributed by atoms with E-state index in [1.807, 2.05) is 25.8 Å². The third kappa shape index (κ3) is 6.33. The Kier molecular flexibility index (Phi) is 8.12. The molecule has 2 aromatic heterocycles. The molecule has 0 spiro atoms. The Hall–Kier alpha value is -3.78. The molecule has 0 bridgehead atoms. The van der Waals surface area contributed by atoms with E-state index >= 15 is 4.39 Å². The molecule has 0 radical (unpaired) electrons. The topological polar surface area (TPSA) is 110 Å². The van der Waals surface area contributed by atoms with Gasteiger partial charge in [0.05, 0.1) is 28.7 Å². The van der Waals surface area contributed by atoms with Crippen molar-refractivity contribution in [1.29, 1.82) is 0 Å². The highest BCUT2D eigenvalue weighted by Crippen LogP contribution is 2.38. The van der Waals surface area contributed by atoms with E-state index in [1.54, 1.807) is 0 Å². The molecule has 9 nitrogen and oxygen atoms in total. The lowest BCUT2D eigenvalue weighted by Gasteiger charge is -2.44. The monoisotopic (exact) mass is 606 g/mol. The number of hydrogen-bond acceptors (Lipinski definition) is 7. The van der Waals surface area contributed by atoms with Crippen LogP contribution in [0, 0.1) is 11.7 Å². The molecule has 224 valence electrons. The molecule has 1 saturated carbocycles. The summed E-state index contributed by atoms with van der Waals surface area (Å²) in [6.07, 6.45) is -0.785. The predicted octanol–water partition coefficient (Wildman–Crippen LogP) is 4.58. The van der Waals surface area contributed by atoms with Crippen molar-refractivity contribution in [3.8, 4) is 10.6 Å². The Labute approximate surface area is 242 Å². The Bertz CT molecular complexity index is 1560. The van der Waals surface area contributed by atoms with Crippen LogP contribution in [0.3, 0.4) is 0 Å². The van der Waals surface area contributed by atoms with Crippen LogP contribution >= 0.6 is 11.3 Å². The molecule has 2 fully saturated rings. The van der Waals surface area contributed by atoms with Crippen molar-refractivity contribution in [3.05, 3.63) is 62.8 Å². The maximum Gasteiger partial charge on any atom is 0.417 e. The van der Waals surface area contributed by atoms with Crippen LogP contribution in [0.15, 0.2) is 35.4 Å². The molecule has 1 aliphatic heterocycles. The van der Waals surface area contributed by atoms with E-state index < -0.39 is 34.6 Å². The van der Waals surface area contributed by atoms with E-state index in [-0.39, 0.29) is 44.8 Å². The van der Waals surface area contributed by atoms with Crippen molar-refractivity contribution in [2.24, 2.45) is 5.92 Å². The number of alkyl halides is 3. The summed E-state index contributed by atoms with van der Waals surface area (Å²) in [5, 5.41) is 5.52. The zero-order chi connectivity index (χ0) is 30.3. The van der Waals surface area contributed by atoms with E-state index in [9.17, 15) is 27.6 Å². The molecule has 14 heteroatoms. The van der Waals surface area contributed by atoms with Gasteiger partial charge in [-0.1, -0.05) is 0 Å². The maximum absolute atomic E-state index is 15.7. The Balaban J connectivity index is 1.53. The van der Waals surface area contributed by atoms with Gasteiger partial charge in [-0.05, 0) is 45.7 Å². The summed E-state index contributed by atoms with van der Waals surface area (Å²) in [6.45, 7) is 5.48. The molecule has 1 aromatic carbocycles. The zero-order valence-electron chi connectivity index (χ0n) is 23.1. The minimum atomic E-state index is -4.96. The fourth-order valence-electron chi connectivity index (χ4n) is 4.92. The van der Waals surface area contributed by atoms with Crippen molar-refractivity contribution in [2.45, 2.75) is 44.9 Å². The van der Waals surface area contributed by atoms with Crippen LogP contribution in [0.1, 0.15) is 52.3 Å². The van der Waals surface area contributed by atoms with Gasteiger partial charge in [0.25, 0.3) is 11.8 Å². The molecular formula is C28H30F4N6O3S. The fraction of sp³-hybridized carbons (Fsp3) is 0.429. The second-order valence-corrected chi connectivity index (χ2v) is 11.9. The first-order valence-corrected chi connectivity index (χ1v) is 14.3. The number of benzene rings is 1. The van der Waals surface area contributed by atoms with Crippen molar-refractivity contribution >= 4 is 34.5 Å². The Morgan fingerprint density at radius 2 is 1.81 bits per heavy atom. The summed E-state index contributed by atoms with van der Waals surface area (Å²) in [7, 11) is 1.97. The van der Waals surface area contributed by atoms with Crippen LogP contribution in [0.2, 0.25) is 0 Å². The highest BCUT2D eigenvalue weighted by Gasteiger charge is 2.36. The van der Waals surface area contributed by atoms with Crippen LogP contribution in [-0.2, 0) is 6.18 Å². The molecule has 2 amide bonds. The number of carbonyl (C=O) groups excluding carboxylic acids is 2. The summed E-state index contributed by atoms with van der Waals surface area (Å²) in [4.78, 5) is 48.0. The second-order valence-electron chi connectivity index (χ2n) is 10.9. The van der Waals surface area contributed by atoms with Gasteiger partial charge in [-0.25, -0.2) is 9.37 Å². The number of H-pyrrole nitrogens is 1. The summed E-state index contributed by atoms with van der Waals surface area (Å²) in [6, 6.07) is 2.99. The number of thiazole rings is 1. The van der Waals surface area contributed by atoms with Crippen molar-refractivity contribution in [3.63, 3.8) is 0 Å². The first-order chi connectivity index (χ1) is 19.8. The van der Waals surface area contributed by atoms with Crippen LogP contribution in [0.25, 0.3) is 10.6 Å². The van der Waals surface area contributed by atoms with Crippen molar-refractivity contribution < 1.29 is 27.2 Å². The minimum Gasteiger partial charge on any atom is -0.367 e. The standard InChI is InChI=1S/C28H30F4N6O3S/c1-14-12-38(13-15(2)37(14)3)22-8-20(29)17(27-35-11-23(42-27)26(41)34-9-16-4-5-16)6-21(22)36-25(40)18-10-33-24(39)7-19(18)28(30,31)32/h6-8,10-11,14-16H,4-5,9,12-13H2,1-3H3,(H,33,39)(H,34,41)(H,36,40)/t14-,15+. The number of nitrogens with zero attached hydrogens (tertiary/aromatic N) is 3. The highest BCUT2D eigenvalue weighted by molar-refractivity contribution is 7.16. The van der Waals surface area contributed by atoms with Gasteiger partial charge in [0.2, 0.25) is 5.56 Å². The number of aromatic nitrogens is 2. The third-order valence-corrected chi connectivity index (χ3v) is 8.75. The van der Waals surface area contributed by atoms with Gasteiger partial charge >= 0.3 is 6.18 Å². The van der Waals surface area contributed by atoms with Gasteiger partial charge in [-0.2, -0.15) is 13.2 Å². The number of likely N-dealkylation sites (N-methyl/N-ethyl adjacent to an activating group) is 1. The average molecular weight is 607 g/mol. The first-order valence-electron chi connectivity index (χ1n) is 13.5. The Morgan fingerprint density at radius 1 is 1.12 bits per heavy atom. The normalized spacial score (nSPS) is 19.5. The van der Waals surface area contributed by atoms with E-state index in [4.69, 9.17) is 0 Å². The molecule has 3 heterocycles. The number of aromatic amines is 1.